The molecule has 3 aliphatic carbocycles. The van der Waals surface area contributed by atoms with E-state index in [9.17, 15) is 10.2 Å². The third-order valence-electron chi connectivity index (χ3n) is 9.24. The highest BCUT2D eigenvalue weighted by Gasteiger charge is 2.57. The van der Waals surface area contributed by atoms with Gasteiger partial charge in [-0.2, -0.15) is 0 Å². The summed E-state index contributed by atoms with van der Waals surface area (Å²) in [5.74, 6) is 2.96. The van der Waals surface area contributed by atoms with Crippen LogP contribution in [0.1, 0.15) is 61.1 Å². The molecular formula is C30H39N3O5. The molecule has 204 valence electrons. The molecule has 2 saturated carbocycles. The van der Waals surface area contributed by atoms with Crippen molar-refractivity contribution in [2.45, 2.75) is 57.0 Å². The third-order valence-corrected chi connectivity index (χ3v) is 9.24. The van der Waals surface area contributed by atoms with Crippen molar-refractivity contribution < 1.29 is 24.4 Å². The summed E-state index contributed by atoms with van der Waals surface area (Å²) in [4.78, 5) is 2.68. The zero-order valence-electron chi connectivity index (χ0n) is 22.2. The molecule has 2 aromatic rings. The molecule has 5 rings (SSSR count). The molecule has 0 bridgehead atoms. The number of aliphatic hydroxyl groups is 1. The van der Waals surface area contributed by atoms with E-state index in [-0.39, 0.29) is 11.5 Å². The average molecular weight is 522 g/mol. The second-order valence-electron chi connectivity index (χ2n) is 11.2. The number of benzene rings is 2. The minimum atomic E-state index is -0.240. The summed E-state index contributed by atoms with van der Waals surface area (Å²) in [5, 5.41) is 24.6. The highest BCUT2D eigenvalue weighted by atomic mass is 16.5. The molecule has 2 fully saturated rings. The molecule has 0 unspecified atom stereocenters. The molecule has 0 spiro atoms. The van der Waals surface area contributed by atoms with Gasteiger partial charge in [0.1, 0.15) is 18.1 Å². The van der Waals surface area contributed by atoms with Crippen LogP contribution in [0.25, 0.3) is 10.4 Å². The van der Waals surface area contributed by atoms with E-state index in [1.807, 2.05) is 24.3 Å². The summed E-state index contributed by atoms with van der Waals surface area (Å²) in [6.45, 7) is 4.88. The van der Waals surface area contributed by atoms with Crippen molar-refractivity contribution in [2.75, 3.05) is 39.6 Å². The lowest BCUT2D eigenvalue weighted by Gasteiger charge is -2.54. The first kappa shape index (κ1) is 26.8. The topological polar surface area (TPSA) is 117 Å². The van der Waals surface area contributed by atoms with Crippen LogP contribution in [0.2, 0.25) is 0 Å². The van der Waals surface area contributed by atoms with Crippen LogP contribution >= 0.6 is 0 Å². The molecule has 38 heavy (non-hydrogen) atoms. The van der Waals surface area contributed by atoms with Gasteiger partial charge in [-0.05, 0) is 108 Å². The SMILES string of the molecule is C[C@]12C[C@H](c3ccc(OCCOCCOCCN=[N+]=[N-])cc3)[C@@H]3c4ccc(O)cc4CC[C@H]3[C@@H]1CC[C@@H]2O. The van der Waals surface area contributed by atoms with Crippen LogP contribution in [-0.4, -0.2) is 55.9 Å². The van der Waals surface area contributed by atoms with E-state index < -0.39 is 0 Å². The summed E-state index contributed by atoms with van der Waals surface area (Å²) in [5.41, 5.74) is 12.1. The van der Waals surface area contributed by atoms with Gasteiger partial charge in [0.2, 0.25) is 0 Å². The lowest BCUT2D eigenvalue weighted by atomic mass is 9.51. The molecule has 8 nitrogen and oxygen atoms in total. The van der Waals surface area contributed by atoms with Gasteiger partial charge in [0.05, 0.1) is 32.5 Å². The Bertz CT molecular complexity index is 1140. The minimum Gasteiger partial charge on any atom is -0.508 e. The Morgan fingerprint density at radius 3 is 2.55 bits per heavy atom. The Labute approximate surface area is 224 Å². The van der Waals surface area contributed by atoms with Crippen LogP contribution in [0.5, 0.6) is 11.5 Å². The van der Waals surface area contributed by atoms with E-state index in [0.29, 0.717) is 69.0 Å². The number of nitrogens with zero attached hydrogens (tertiary/aromatic N) is 3. The van der Waals surface area contributed by atoms with Crippen LogP contribution in [-0.2, 0) is 15.9 Å². The lowest BCUT2D eigenvalue weighted by molar-refractivity contribution is -0.0323. The maximum Gasteiger partial charge on any atom is 0.119 e. The van der Waals surface area contributed by atoms with E-state index in [4.69, 9.17) is 19.7 Å². The van der Waals surface area contributed by atoms with Gasteiger partial charge < -0.3 is 24.4 Å². The van der Waals surface area contributed by atoms with Crippen molar-refractivity contribution in [1.29, 1.82) is 0 Å². The zero-order chi connectivity index (χ0) is 26.5. The predicted octanol–water partition coefficient (Wildman–Crippen LogP) is 5.73. The lowest BCUT2D eigenvalue weighted by Crippen LogP contribution is -2.47. The molecule has 8 heteroatoms. The maximum atomic E-state index is 11.0. The fraction of sp³-hybridized carbons (Fsp3) is 0.600. The van der Waals surface area contributed by atoms with Gasteiger partial charge in [-0.3, -0.25) is 0 Å². The number of hydrogen-bond donors (Lipinski definition) is 2. The van der Waals surface area contributed by atoms with Crippen molar-refractivity contribution in [3.05, 3.63) is 69.6 Å². The number of ether oxygens (including phenoxy) is 3. The molecule has 0 saturated heterocycles. The van der Waals surface area contributed by atoms with Crippen LogP contribution in [0.4, 0.5) is 0 Å². The maximum absolute atomic E-state index is 11.0. The summed E-state index contributed by atoms with van der Waals surface area (Å²) >= 11 is 0. The second-order valence-corrected chi connectivity index (χ2v) is 11.2. The van der Waals surface area contributed by atoms with E-state index in [1.54, 1.807) is 0 Å². The number of phenolic OH excluding ortho intramolecular Hbond substituents is 1. The number of phenols is 1. The highest BCUT2D eigenvalue weighted by Crippen LogP contribution is 2.65. The van der Waals surface area contributed by atoms with Gasteiger partial charge in [0.25, 0.3) is 0 Å². The van der Waals surface area contributed by atoms with Gasteiger partial charge >= 0.3 is 0 Å². The third kappa shape index (κ3) is 5.50. The fourth-order valence-corrected chi connectivity index (χ4v) is 7.50. The summed E-state index contributed by atoms with van der Waals surface area (Å²) in [6, 6.07) is 14.4. The first-order valence-corrected chi connectivity index (χ1v) is 13.9. The zero-order valence-corrected chi connectivity index (χ0v) is 22.2. The molecule has 2 N–H and O–H groups in total. The number of fused-ring (bicyclic) bond motifs is 5. The predicted molar refractivity (Wildman–Crippen MR) is 144 cm³/mol. The summed E-state index contributed by atoms with van der Waals surface area (Å²) in [7, 11) is 0. The smallest absolute Gasteiger partial charge is 0.119 e. The molecule has 0 radical (unpaired) electrons. The van der Waals surface area contributed by atoms with Crippen molar-refractivity contribution >= 4 is 0 Å². The van der Waals surface area contributed by atoms with E-state index in [1.165, 1.54) is 16.7 Å². The van der Waals surface area contributed by atoms with E-state index in [0.717, 1.165) is 37.9 Å². The summed E-state index contributed by atoms with van der Waals surface area (Å²) < 4.78 is 16.8. The largest absolute Gasteiger partial charge is 0.508 e. The van der Waals surface area contributed by atoms with E-state index in [2.05, 4.69) is 35.1 Å². The Morgan fingerprint density at radius 1 is 1.00 bits per heavy atom. The fourth-order valence-electron chi connectivity index (χ4n) is 7.50. The second kappa shape index (κ2) is 12.0. The van der Waals surface area contributed by atoms with Gasteiger partial charge in [-0.25, -0.2) is 0 Å². The van der Waals surface area contributed by atoms with Crippen molar-refractivity contribution in [2.24, 2.45) is 22.4 Å². The quantitative estimate of drug-likeness (QED) is 0.170. The number of aliphatic hydroxyl groups excluding tert-OH is 1. The van der Waals surface area contributed by atoms with Crippen molar-refractivity contribution in [3.8, 4) is 11.5 Å². The number of azide groups is 1. The minimum absolute atomic E-state index is 0.0561. The summed E-state index contributed by atoms with van der Waals surface area (Å²) in [6.07, 6.45) is 4.85. The monoisotopic (exact) mass is 521 g/mol. The first-order chi connectivity index (χ1) is 18.5. The Morgan fingerprint density at radius 2 is 1.76 bits per heavy atom. The number of hydrogen-bond acceptors (Lipinski definition) is 6. The molecule has 6 atom stereocenters. The molecule has 2 aromatic carbocycles. The average Bonchev–Trinajstić information content (AvgIpc) is 3.23. The first-order valence-electron chi connectivity index (χ1n) is 13.9. The molecule has 0 aromatic heterocycles. The van der Waals surface area contributed by atoms with Crippen LogP contribution in [0.3, 0.4) is 0 Å². The standard InChI is InChI=1S/C30H39N3O5/c1-30-19-26(20-2-6-23(7-3-20)38-17-16-37-15-14-36-13-12-32-33-31)29-24-9-5-22(34)18-21(24)4-8-25(29)27(30)10-11-28(30)35/h2-3,5-7,9,18,25-29,34-35H,4,8,10-17,19H2,1H3/t25-,26+,27-,28-,29+,30-/m0/s1. The van der Waals surface area contributed by atoms with Crippen molar-refractivity contribution in [1.82, 2.24) is 0 Å². The van der Waals surface area contributed by atoms with Crippen LogP contribution in [0, 0.1) is 17.3 Å². The van der Waals surface area contributed by atoms with Gasteiger partial charge in [-0.1, -0.05) is 30.2 Å². The Hall–Kier alpha value is -2.77. The molecule has 0 aliphatic heterocycles. The molecule has 3 aliphatic rings. The molecule has 0 heterocycles. The van der Waals surface area contributed by atoms with E-state index >= 15 is 0 Å². The Kier molecular flexibility index (Phi) is 8.44. The van der Waals surface area contributed by atoms with Gasteiger partial charge in [0.15, 0.2) is 0 Å². The van der Waals surface area contributed by atoms with Gasteiger partial charge in [0, 0.05) is 11.5 Å². The highest BCUT2D eigenvalue weighted by molar-refractivity contribution is 5.43. The number of aryl methyl sites for hydroxylation is 1. The molecule has 0 amide bonds. The van der Waals surface area contributed by atoms with Crippen molar-refractivity contribution in [3.63, 3.8) is 0 Å². The normalized spacial score (nSPS) is 29.6. The van der Waals surface area contributed by atoms with Crippen LogP contribution in [0.15, 0.2) is 47.6 Å². The number of rotatable bonds is 11. The Balaban J connectivity index is 1.23. The van der Waals surface area contributed by atoms with Gasteiger partial charge in [-0.15, -0.1) is 0 Å². The van der Waals surface area contributed by atoms with Crippen LogP contribution < -0.4 is 4.74 Å². The molecular weight excluding hydrogens is 482 g/mol. The number of aromatic hydroxyl groups is 1.